The van der Waals surface area contributed by atoms with Gasteiger partial charge < -0.3 is 14.4 Å². The number of rotatable bonds is 6. The molecule has 2 saturated heterocycles. The van der Waals surface area contributed by atoms with Crippen LogP contribution in [0.25, 0.3) is 0 Å². The molecule has 5 rings (SSSR count). The molecule has 3 atom stereocenters. The summed E-state index contributed by atoms with van der Waals surface area (Å²) >= 11 is 0. The lowest BCUT2D eigenvalue weighted by Crippen LogP contribution is -2.61. The van der Waals surface area contributed by atoms with Gasteiger partial charge in [0.25, 0.3) is 0 Å². The largest absolute Gasteiger partial charge is 0.471 e. The minimum Gasteiger partial charge on any atom is -0.465 e. The highest BCUT2D eigenvalue weighted by atomic mass is 19.4. The number of nitrogens with zero attached hydrogens (tertiary/aromatic N) is 2. The van der Waals surface area contributed by atoms with Gasteiger partial charge in [-0.2, -0.15) is 13.2 Å². The molecule has 2 aromatic carbocycles. The molecule has 35 heavy (non-hydrogen) atoms. The van der Waals surface area contributed by atoms with Gasteiger partial charge in [0.05, 0.1) is 30.9 Å². The Morgan fingerprint density at radius 2 is 1.80 bits per heavy atom. The van der Waals surface area contributed by atoms with E-state index in [1.165, 1.54) is 7.11 Å². The quantitative estimate of drug-likeness (QED) is 0.580. The highest BCUT2D eigenvalue weighted by Gasteiger charge is 2.58. The number of hydrogen-bond donors (Lipinski definition) is 0. The first-order chi connectivity index (χ1) is 16.7. The van der Waals surface area contributed by atoms with Crippen LogP contribution in [-0.4, -0.2) is 72.3 Å². The van der Waals surface area contributed by atoms with Crippen molar-refractivity contribution in [2.24, 2.45) is 0 Å². The zero-order valence-electron chi connectivity index (χ0n) is 19.3. The lowest BCUT2D eigenvalue weighted by atomic mass is 9.88. The van der Waals surface area contributed by atoms with Crippen LogP contribution in [0.2, 0.25) is 0 Å². The minimum atomic E-state index is -4.92. The van der Waals surface area contributed by atoms with Crippen molar-refractivity contribution in [3.05, 3.63) is 71.3 Å². The summed E-state index contributed by atoms with van der Waals surface area (Å²) in [5.74, 6) is -2.24. The van der Waals surface area contributed by atoms with Gasteiger partial charge in [0.1, 0.15) is 0 Å². The maximum absolute atomic E-state index is 13.5. The monoisotopic (exact) mass is 488 g/mol. The second-order valence-electron chi connectivity index (χ2n) is 9.72. The normalized spacial score (nSPS) is 25.2. The molecule has 0 N–H and O–H groups in total. The number of alkyl halides is 3. The number of likely N-dealkylation sites (tertiary alicyclic amines) is 1. The average Bonchev–Trinajstić information content (AvgIpc) is 3.49. The van der Waals surface area contributed by atoms with Gasteiger partial charge in [0.2, 0.25) is 0 Å². The summed E-state index contributed by atoms with van der Waals surface area (Å²) in [5, 5.41) is 0. The van der Waals surface area contributed by atoms with Crippen LogP contribution in [-0.2, 0) is 20.8 Å². The number of amides is 1. The number of ether oxygens (including phenoxy) is 2. The second kappa shape index (κ2) is 8.95. The Morgan fingerprint density at radius 1 is 1.11 bits per heavy atom. The molecule has 9 heteroatoms. The first-order valence-electron chi connectivity index (χ1n) is 11.7. The summed E-state index contributed by atoms with van der Waals surface area (Å²) in [4.78, 5) is 27.2. The summed E-state index contributed by atoms with van der Waals surface area (Å²) in [6, 6.07) is 15.5. The first kappa shape index (κ1) is 23.8. The molecule has 1 aliphatic carbocycles. The van der Waals surface area contributed by atoms with Gasteiger partial charge in [-0.15, -0.1) is 0 Å². The van der Waals surface area contributed by atoms with Gasteiger partial charge in [-0.05, 0) is 29.7 Å². The Balaban J connectivity index is 1.22. The average molecular weight is 489 g/mol. The van der Waals surface area contributed by atoms with Crippen molar-refractivity contribution in [3.63, 3.8) is 0 Å². The van der Waals surface area contributed by atoms with Gasteiger partial charge >= 0.3 is 18.1 Å². The van der Waals surface area contributed by atoms with E-state index in [4.69, 9.17) is 9.47 Å². The van der Waals surface area contributed by atoms with Crippen LogP contribution < -0.4 is 0 Å². The van der Waals surface area contributed by atoms with Crippen molar-refractivity contribution in [3.8, 4) is 0 Å². The van der Waals surface area contributed by atoms with E-state index in [0.717, 1.165) is 16.0 Å². The molecule has 2 heterocycles. The van der Waals surface area contributed by atoms with E-state index in [9.17, 15) is 22.8 Å². The lowest BCUT2D eigenvalue weighted by molar-refractivity contribution is -0.188. The standard InChI is InChI=1S/C26H27F3N2O4/c1-34-23(32)19-9-7-17(8-10-19)13-30-15-25(16-30)12-20(14-35-25)31(24(33)26(27,28)29)22-11-21(22)18-5-3-2-4-6-18/h2-10,20-22H,11-16H2,1H3/t20?,21-,22+/m0/s1. The molecule has 0 radical (unpaired) electrons. The van der Waals surface area contributed by atoms with E-state index in [1.54, 1.807) is 12.1 Å². The van der Waals surface area contributed by atoms with Crippen molar-refractivity contribution in [2.75, 3.05) is 26.8 Å². The number of benzene rings is 2. The molecule has 6 nitrogen and oxygen atoms in total. The van der Waals surface area contributed by atoms with Gasteiger partial charge in [0.15, 0.2) is 0 Å². The van der Waals surface area contributed by atoms with Crippen LogP contribution in [0, 0.1) is 0 Å². The predicted octanol–water partition coefficient (Wildman–Crippen LogP) is 3.76. The predicted molar refractivity (Wildman–Crippen MR) is 121 cm³/mol. The molecular weight excluding hydrogens is 461 g/mol. The number of carbonyl (C=O) groups is 2. The molecule has 1 amide bonds. The molecule has 0 bridgehead atoms. The molecule has 1 unspecified atom stereocenters. The zero-order chi connectivity index (χ0) is 24.8. The van der Waals surface area contributed by atoms with Crippen LogP contribution in [0.15, 0.2) is 54.6 Å². The third-order valence-electron chi connectivity index (χ3n) is 7.21. The van der Waals surface area contributed by atoms with Gasteiger partial charge in [-0.1, -0.05) is 42.5 Å². The second-order valence-corrected chi connectivity index (χ2v) is 9.72. The summed E-state index contributed by atoms with van der Waals surface area (Å²) in [7, 11) is 1.33. The Hall–Kier alpha value is -2.91. The number of esters is 1. The molecule has 2 aliphatic heterocycles. The van der Waals surface area contributed by atoms with Crippen molar-refractivity contribution in [1.82, 2.24) is 9.80 Å². The Morgan fingerprint density at radius 3 is 2.43 bits per heavy atom. The highest BCUT2D eigenvalue weighted by molar-refractivity contribution is 5.89. The Kier molecular flexibility index (Phi) is 6.09. The van der Waals surface area contributed by atoms with Crippen LogP contribution >= 0.6 is 0 Å². The van der Waals surface area contributed by atoms with Gasteiger partial charge in [-0.3, -0.25) is 9.69 Å². The topological polar surface area (TPSA) is 59.1 Å². The third-order valence-corrected chi connectivity index (χ3v) is 7.21. The van der Waals surface area contributed by atoms with Crippen molar-refractivity contribution in [2.45, 2.75) is 49.2 Å². The molecule has 186 valence electrons. The first-order valence-corrected chi connectivity index (χ1v) is 11.7. The van der Waals surface area contributed by atoms with E-state index in [-0.39, 0.29) is 12.5 Å². The molecule has 3 fully saturated rings. The van der Waals surface area contributed by atoms with Crippen LogP contribution in [0.4, 0.5) is 13.2 Å². The third kappa shape index (κ3) is 4.79. The fourth-order valence-corrected chi connectivity index (χ4v) is 5.50. The van der Waals surface area contributed by atoms with Crippen molar-refractivity contribution in [1.29, 1.82) is 0 Å². The van der Waals surface area contributed by atoms with Crippen LogP contribution in [0.5, 0.6) is 0 Å². The maximum atomic E-state index is 13.5. The molecule has 1 saturated carbocycles. The lowest BCUT2D eigenvalue weighted by Gasteiger charge is -2.47. The number of methoxy groups -OCH3 is 1. The van der Waals surface area contributed by atoms with Crippen LogP contribution in [0.3, 0.4) is 0 Å². The summed E-state index contributed by atoms with van der Waals surface area (Å²) < 4.78 is 51.2. The molecule has 0 aromatic heterocycles. The van der Waals surface area contributed by atoms with Gasteiger partial charge in [0, 0.05) is 38.0 Å². The Bertz CT molecular complexity index is 1080. The fraction of sp³-hybridized carbons (Fsp3) is 0.462. The number of halogens is 3. The molecule has 1 spiro atoms. The Labute approximate surface area is 201 Å². The van der Waals surface area contributed by atoms with Crippen molar-refractivity contribution >= 4 is 11.9 Å². The molecule has 3 aliphatic rings. The van der Waals surface area contributed by atoms with E-state index < -0.39 is 35.7 Å². The smallest absolute Gasteiger partial charge is 0.465 e. The van der Waals surface area contributed by atoms with Gasteiger partial charge in [-0.25, -0.2) is 4.79 Å². The zero-order valence-corrected chi connectivity index (χ0v) is 19.3. The van der Waals surface area contributed by atoms with E-state index in [1.807, 2.05) is 42.5 Å². The van der Waals surface area contributed by atoms with E-state index >= 15 is 0 Å². The number of carbonyl (C=O) groups excluding carboxylic acids is 2. The van der Waals surface area contributed by atoms with E-state index in [2.05, 4.69) is 4.90 Å². The van der Waals surface area contributed by atoms with E-state index in [0.29, 0.717) is 38.0 Å². The van der Waals surface area contributed by atoms with Crippen LogP contribution in [0.1, 0.15) is 40.2 Å². The molecular formula is C26H27F3N2O4. The summed E-state index contributed by atoms with van der Waals surface area (Å²) in [6.45, 7) is 1.93. The summed E-state index contributed by atoms with van der Waals surface area (Å²) in [6.07, 6.45) is -3.99. The fourth-order valence-electron chi connectivity index (χ4n) is 5.50. The maximum Gasteiger partial charge on any atom is 0.471 e. The minimum absolute atomic E-state index is 0.0788. The SMILES string of the molecule is COC(=O)c1ccc(CN2CC3(CC(N(C(=O)C(F)(F)F)[C@@H]4C[C@H]4c4ccccc4)CO3)C2)cc1. The number of hydrogen-bond acceptors (Lipinski definition) is 5. The summed E-state index contributed by atoms with van der Waals surface area (Å²) in [5.41, 5.74) is 1.91. The molecule has 2 aromatic rings. The highest BCUT2D eigenvalue weighted by Crippen LogP contribution is 2.49. The van der Waals surface area contributed by atoms with Crippen molar-refractivity contribution < 1.29 is 32.2 Å².